The van der Waals surface area contributed by atoms with Gasteiger partial charge in [-0.25, -0.2) is 14.4 Å². The molecule has 4 rings (SSSR count). The van der Waals surface area contributed by atoms with E-state index in [1.165, 1.54) is 6.07 Å². The summed E-state index contributed by atoms with van der Waals surface area (Å²) in [7, 11) is 1.84. The van der Waals surface area contributed by atoms with Crippen molar-refractivity contribution in [1.29, 1.82) is 0 Å². The lowest BCUT2D eigenvalue weighted by molar-refractivity contribution is 0.174. The fourth-order valence-corrected chi connectivity index (χ4v) is 3.34. The second-order valence-corrected chi connectivity index (χ2v) is 7.11. The van der Waals surface area contributed by atoms with Crippen molar-refractivity contribution in [2.75, 3.05) is 18.5 Å². The topological polar surface area (TPSA) is 79.1 Å². The zero-order valence-electron chi connectivity index (χ0n) is 16.8. The number of hydrogen-bond acceptors (Lipinski definition) is 6. The predicted octanol–water partition coefficient (Wildman–Crippen LogP) is 3.35. The molecule has 1 atom stereocenters. The van der Waals surface area contributed by atoms with Crippen LogP contribution in [0.1, 0.15) is 22.9 Å². The third-order valence-corrected chi connectivity index (χ3v) is 5.13. The predicted molar refractivity (Wildman–Crippen MR) is 113 cm³/mol. The summed E-state index contributed by atoms with van der Waals surface area (Å²) in [5, 5.41) is 17.2. The highest BCUT2D eigenvalue weighted by Gasteiger charge is 2.20. The van der Waals surface area contributed by atoms with Gasteiger partial charge in [-0.3, -0.25) is 4.68 Å². The van der Waals surface area contributed by atoms with Crippen molar-refractivity contribution in [3.8, 4) is 0 Å². The van der Waals surface area contributed by atoms with Crippen LogP contribution in [0, 0.1) is 12.7 Å². The molecule has 0 unspecified atom stereocenters. The number of nitrogens with zero attached hydrogens (tertiary/aromatic N) is 5. The highest BCUT2D eigenvalue weighted by molar-refractivity contribution is 5.73. The van der Waals surface area contributed by atoms with Gasteiger partial charge in [-0.05, 0) is 41.8 Å². The Hall–Kier alpha value is -3.52. The average molecular weight is 406 g/mol. The summed E-state index contributed by atoms with van der Waals surface area (Å²) in [5.74, 6) is 1.01. The molecular weight excluding hydrogens is 383 g/mol. The Balaban J connectivity index is 1.49. The number of allylic oxidation sites excluding steroid dienone is 2. The maximum absolute atomic E-state index is 14.0. The van der Waals surface area contributed by atoms with Crippen LogP contribution in [0.3, 0.4) is 0 Å². The third-order valence-electron chi connectivity index (χ3n) is 5.13. The number of benzene rings is 1. The molecule has 2 N–H and O–H groups in total. The molecule has 3 heterocycles. The number of aryl methyl sites for hydroxylation is 2. The van der Waals surface area contributed by atoms with Crippen LogP contribution in [-0.2, 0) is 7.05 Å². The van der Waals surface area contributed by atoms with E-state index in [0.717, 1.165) is 22.6 Å². The number of aliphatic hydroxyl groups is 1. The molecule has 1 aromatic carbocycles. The molecule has 0 saturated heterocycles. The number of halogens is 1. The molecule has 7 nitrogen and oxygen atoms in total. The highest BCUT2D eigenvalue weighted by atomic mass is 19.1. The first-order chi connectivity index (χ1) is 14.5. The van der Waals surface area contributed by atoms with Crippen molar-refractivity contribution < 1.29 is 9.50 Å². The Bertz CT molecular complexity index is 1110. The standard InChI is InChI=1S/C22H23FN6O/c1-15-3-4-17(13-18(15)23)20(14-30)29-11-7-16(8-12-29)19-5-9-24-22(26-19)27-21-6-10-25-28(21)2/h3-11,13,20,30H,12,14H2,1-2H3,(H,24,26,27)/t20-/m1/s1. The molecule has 8 heteroatoms. The van der Waals surface area contributed by atoms with E-state index >= 15 is 0 Å². The fraction of sp³-hybridized carbons (Fsp3) is 0.227. The van der Waals surface area contributed by atoms with Gasteiger partial charge in [-0.2, -0.15) is 5.10 Å². The van der Waals surface area contributed by atoms with E-state index in [2.05, 4.69) is 20.4 Å². The maximum atomic E-state index is 14.0. The van der Waals surface area contributed by atoms with Gasteiger partial charge in [-0.1, -0.05) is 18.2 Å². The second-order valence-electron chi connectivity index (χ2n) is 7.11. The van der Waals surface area contributed by atoms with Crippen molar-refractivity contribution in [2.24, 2.45) is 7.05 Å². The minimum atomic E-state index is -0.318. The number of aromatic nitrogens is 4. The normalized spacial score (nSPS) is 14.5. The SMILES string of the molecule is Cc1ccc([C@@H](CO)N2C=CC(c3ccnc(Nc4ccnn4C)n3)=CC2)cc1F. The minimum Gasteiger partial charge on any atom is -0.394 e. The van der Waals surface area contributed by atoms with Gasteiger partial charge in [0.25, 0.3) is 0 Å². The van der Waals surface area contributed by atoms with E-state index in [1.54, 1.807) is 30.1 Å². The Kier molecular flexibility index (Phi) is 5.58. The molecular formula is C22H23FN6O. The molecule has 2 aromatic heterocycles. The van der Waals surface area contributed by atoms with E-state index in [0.29, 0.717) is 18.1 Å². The highest BCUT2D eigenvalue weighted by Crippen LogP contribution is 2.27. The van der Waals surface area contributed by atoms with Crippen LogP contribution in [0.25, 0.3) is 5.57 Å². The number of aliphatic hydroxyl groups excluding tert-OH is 1. The molecule has 1 aliphatic rings. The fourth-order valence-electron chi connectivity index (χ4n) is 3.34. The summed E-state index contributed by atoms with van der Waals surface area (Å²) in [5.41, 5.74) is 3.07. The number of anilines is 2. The van der Waals surface area contributed by atoms with E-state index in [4.69, 9.17) is 0 Å². The molecule has 0 spiro atoms. The van der Waals surface area contributed by atoms with Crippen LogP contribution in [0.5, 0.6) is 0 Å². The zero-order valence-corrected chi connectivity index (χ0v) is 16.8. The summed E-state index contributed by atoms with van der Waals surface area (Å²) in [6, 6.07) is 8.45. The monoisotopic (exact) mass is 406 g/mol. The van der Waals surface area contributed by atoms with Crippen LogP contribution in [-0.4, -0.2) is 42.9 Å². The molecule has 30 heavy (non-hydrogen) atoms. The Morgan fingerprint density at radius 3 is 2.77 bits per heavy atom. The smallest absolute Gasteiger partial charge is 0.228 e. The molecule has 1 aliphatic heterocycles. The summed E-state index contributed by atoms with van der Waals surface area (Å²) in [6.07, 6.45) is 9.28. The van der Waals surface area contributed by atoms with Crippen LogP contribution in [0.2, 0.25) is 0 Å². The molecule has 3 aromatic rings. The van der Waals surface area contributed by atoms with Gasteiger partial charge < -0.3 is 15.3 Å². The minimum absolute atomic E-state index is 0.109. The van der Waals surface area contributed by atoms with Gasteiger partial charge in [0.05, 0.1) is 24.5 Å². The quantitative estimate of drug-likeness (QED) is 0.654. The van der Waals surface area contributed by atoms with Crippen molar-refractivity contribution in [3.05, 3.63) is 83.7 Å². The largest absolute Gasteiger partial charge is 0.394 e. The molecule has 0 saturated carbocycles. The summed E-state index contributed by atoms with van der Waals surface area (Å²) in [4.78, 5) is 10.8. The van der Waals surface area contributed by atoms with Crippen molar-refractivity contribution >= 4 is 17.3 Å². The van der Waals surface area contributed by atoms with E-state index < -0.39 is 0 Å². The van der Waals surface area contributed by atoms with Gasteiger partial charge in [-0.15, -0.1) is 0 Å². The van der Waals surface area contributed by atoms with E-state index in [9.17, 15) is 9.50 Å². The number of hydrogen-bond donors (Lipinski definition) is 2. The first-order valence-corrected chi connectivity index (χ1v) is 9.64. The lowest BCUT2D eigenvalue weighted by Gasteiger charge is -2.31. The number of nitrogens with one attached hydrogen (secondary N) is 1. The maximum Gasteiger partial charge on any atom is 0.228 e. The molecule has 154 valence electrons. The molecule has 0 fully saturated rings. The van der Waals surface area contributed by atoms with Crippen LogP contribution in [0.15, 0.2) is 61.1 Å². The van der Waals surface area contributed by atoms with Crippen LogP contribution >= 0.6 is 0 Å². The van der Waals surface area contributed by atoms with Crippen LogP contribution < -0.4 is 5.32 Å². The lowest BCUT2D eigenvalue weighted by Crippen LogP contribution is -2.28. The van der Waals surface area contributed by atoms with Gasteiger partial charge in [0.2, 0.25) is 5.95 Å². The molecule has 0 aliphatic carbocycles. The first kappa shape index (κ1) is 19.8. The molecule has 0 amide bonds. The Morgan fingerprint density at radius 2 is 2.10 bits per heavy atom. The second kappa shape index (κ2) is 8.46. The summed E-state index contributed by atoms with van der Waals surface area (Å²) >= 11 is 0. The van der Waals surface area contributed by atoms with Gasteiger partial charge >= 0.3 is 0 Å². The van der Waals surface area contributed by atoms with Gasteiger partial charge in [0.1, 0.15) is 11.6 Å². The van der Waals surface area contributed by atoms with Crippen molar-refractivity contribution in [3.63, 3.8) is 0 Å². The van der Waals surface area contributed by atoms with Crippen molar-refractivity contribution in [2.45, 2.75) is 13.0 Å². The molecule has 0 radical (unpaired) electrons. The third kappa shape index (κ3) is 4.08. The molecule has 0 bridgehead atoms. The lowest BCUT2D eigenvalue weighted by atomic mass is 10.0. The summed E-state index contributed by atoms with van der Waals surface area (Å²) in [6.45, 7) is 2.19. The van der Waals surface area contributed by atoms with Crippen molar-refractivity contribution in [1.82, 2.24) is 24.6 Å². The number of rotatable bonds is 6. The average Bonchev–Trinajstić information content (AvgIpc) is 3.16. The van der Waals surface area contributed by atoms with E-state index in [-0.39, 0.29) is 18.5 Å². The van der Waals surface area contributed by atoms with Crippen LogP contribution in [0.4, 0.5) is 16.2 Å². The van der Waals surface area contributed by atoms with Gasteiger partial charge in [0, 0.05) is 32.1 Å². The van der Waals surface area contributed by atoms with E-state index in [1.807, 2.05) is 48.5 Å². The first-order valence-electron chi connectivity index (χ1n) is 9.64. The zero-order chi connectivity index (χ0) is 21.1. The Labute approximate surface area is 174 Å². The Morgan fingerprint density at radius 1 is 1.23 bits per heavy atom. The van der Waals surface area contributed by atoms with Gasteiger partial charge in [0.15, 0.2) is 0 Å². The summed E-state index contributed by atoms with van der Waals surface area (Å²) < 4.78 is 15.7.